The van der Waals surface area contributed by atoms with Crippen LogP contribution >= 0.6 is 0 Å². The molecule has 0 aromatic heterocycles. The Labute approximate surface area is 171 Å². The fourth-order valence-corrected chi connectivity index (χ4v) is 4.23. The Morgan fingerprint density at radius 2 is 1.89 bits per heavy atom. The molecule has 0 amide bonds. The zero-order valence-corrected chi connectivity index (χ0v) is 19.7. The molecule has 1 rings (SSSR count). The molecule has 0 N–H and O–H groups in total. The van der Waals surface area contributed by atoms with Gasteiger partial charge in [0.15, 0.2) is 0 Å². The van der Waals surface area contributed by atoms with Gasteiger partial charge in [-0.3, -0.25) is 0 Å². The molecule has 1 aliphatic rings. The van der Waals surface area contributed by atoms with Crippen LogP contribution in [0.5, 0.6) is 0 Å². The van der Waals surface area contributed by atoms with Crippen LogP contribution in [0.15, 0.2) is 36.0 Å². The SMILES string of the molecule is C=C(CCC(C)(C)/C=C/CC/C(C)=C\CC(C)C)CC1CCCCC1(C)C. The highest BCUT2D eigenvalue weighted by atomic mass is 14.4. The van der Waals surface area contributed by atoms with E-state index in [0.29, 0.717) is 5.41 Å². The minimum absolute atomic E-state index is 0.278. The van der Waals surface area contributed by atoms with Crippen molar-refractivity contribution in [2.75, 3.05) is 0 Å². The molecule has 156 valence electrons. The van der Waals surface area contributed by atoms with Crippen molar-refractivity contribution in [2.24, 2.45) is 22.7 Å². The van der Waals surface area contributed by atoms with Crippen molar-refractivity contribution in [3.05, 3.63) is 36.0 Å². The zero-order chi connectivity index (χ0) is 20.5. The number of hydrogen-bond donors (Lipinski definition) is 0. The van der Waals surface area contributed by atoms with Gasteiger partial charge in [-0.15, -0.1) is 0 Å². The molecule has 1 atom stereocenters. The maximum Gasteiger partial charge on any atom is -0.0172 e. The molecule has 1 fully saturated rings. The summed E-state index contributed by atoms with van der Waals surface area (Å²) in [6.07, 6.45) is 20.1. The van der Waals surface area contributed by atoms with Crippen LogP contribution in [-0.2, 0) is 0 Å². The second-order valence-electron chi connectivity index (χ2n) is 11.0. The maximum absolute atomic E-state index is 4.44. The minimum Gasteiger partial charge on any atom is -0.0999 e. The smallest absolute Gasteiger partial charge is 0.0172 e. The van der Waals surface area contributed by atoms with Crippen LogP contribution in [0.4, 0.5) is 0 Å². The van der Waals surface area contributed by atoms with Gasteiger partial charge in [0.05, 0.1) is 0 Å². The fourth-order valence-electron chi connectivity index (χ4n) is 4.23. The van der Waals surface area contributed by atoms with Crippen molar-refractivity contribution in [2.45, 2.75) is 113 Å². The van der Waals surface area contributed by atoms with Gasteiger partial charge in [0.2, 0.25) is 0 Å². The maximum atomic E-state index is 4.44. The lowest BCUT2D eigenvalue weighted by atomic mass is 9.66. The summed E-state index contributed by atoms with van der Waals surface area (Å²) in [5.41, 5.74) is 3.80. The van der Waals surface area contributed by atoms with Gasteiger partial charge in [0, 0.05) is 0 Å². The van der Waals surface area contributed by atoms with E-state index < -0.39 is 0 Å². The molecule has 1 saturated carbocycles. The van der Waals surface area contributed by atoms with E-state index in [-0.39, 0.29) is 5.41 Å². The number of allylic oxidation sites excluding steroid dienone is 5. The second kappa shape index (κ2) is 11.3. The largest absolute Gasteiger partial charge is 0.0999 e. The standard InChI is InChI=1S/C27H48/c1-22(2)15-16-23(3)13-9-11-18-26(5,6)20-17-24(4)21-25-14-10-12-19-27(25,7)8/h11,16,18,22,25H,4,9-10,12-15,17,19-21H2,1-3,5-8H3/b18-11+,23-16-. The predicted octanol–water partition coefficient (Wildman–Crippen LogP) is 9.28. The van der Waals surface area contributed by atoms with E-state index in [2.05, 4.69) is 73.3 Å². The monoisotopic (exact) mass is 372 g/mol. The van der Waals surface area contributed by atoms with Crippen molar-refractivity contribution in [1.29, 1.82) is 0 Å². The molecular weight excluding hydrogens is 324 g/mol. The first-order valence-electron chi connectivity index (χ1n) is 11.5. The van der Waals surface area contributed by atoms with E-state index in [9.17, 15) is 0 Å². The topological polar surface area (TPSA) is 0 Å². The van der Waals surface area contributed by atoms with E-state index in [1.165, 1.54) is 75.4 Å². The molecule has 0 aromatic carbocycles. The average molecular weight is 373 g/mol. The van der Waals surface area contributed by atoms with Gasteiger partial charge in [-0.05, 0) is 81.0 Å². The average Bonchev–Trinajstić information content (AvgIpc) is 2.57. The Bertz CT molecular complexity index is 498. The lowest BCUT2D eigenvalue weighted by molar-refractivity contribution is 0.136. The van der Waals surface area contributed by atoms with Crippen molar-refractivity contribution in [3.8, 4) is 0 Å². The second-order valence-corrected chi connectivity index (χ2v) is 11.0. The van der Waals surface area contributed by atoms with Crippen LogP contribution in [-0.4, -0.2) is 0 Å². The van der Waals surface area contributed by atoms with Crippen LogP contribution < -0.4 is 0 Å². The van der Waals surface area contributed by atoms with Crippen LogP contribution in [0.3, 0.4) is 0 Å². The molecule has 27 heavy (non-hydrogen) atoms. The lowest BCUT2D eigenvalue weighted by Gasteiger charge is -2.39. The summed E-state index contributed by atoms with van der Waals surface area (Å²) in [6.45, 7) is 21.0. The normalized spacial score (nSPS) is 21.2. The molecule has 0 aromatic rings. The summed E-state index contributed by atoms with van der Waals surface area (Å²) >= 11 is 0. The van der Waals surface area contributed by atoms with E-state index >= 15 is 0 Å². The summed E-state index contributed by atoms with van der Waals surface area (Å²) in [7, 11) is 0. The molecule has 0 heterocycles. The predicted molar refractivity (Wildman–Crippen MR) is 124 cm³/mol. The third-order valence-electron chi connectivity index (χ3n) is 6.60. The summed E-state index contributed by atoms with van der Waals surface area (Å²) < 4.78 is 0. The van der Waals surface area contributed by atoms with Gasteiger partial charge >= 0.3 is 0 Å². The van der Waals surface area contributed by atoms with Gasteiger partial charge in [0.1, 0.15) is 0 Å². The van der Waals surface area contributed by atoms with Crippen LogP contribution in [0.2, 0.25) is 0 Å². The molecule has 0 saturated heterocycles. The van der Waals surface area contributed by atoms with E-state index in [1.807, 2.05) is 0 Å². The first kappa shape index (κ1) is 24.3. The first-order chi connectivity index (χ1) is 12.5. The Balaban J connectivity index is 2.35. The number of rotatable bonds is 11. The van der Waals surface area contributed by atoms with E-state index in [1.54, 1.807) is 0 Å². The van der Waals surface area contributed by atoms with Gasteiger partial charge in [-0.25, -0.2) is 0 Å². The van der Waals surface area contributed by atoms with Crippen molar-refractivity contribution >= 4 is 0 Å². The Morgan fingerprint density at radius 3 is 2.52 bits per heavy atom. The highest BCUT2D eigenvalue weighted by molar-refractivity contribution is 5.05. The van der Waals surface area contributed by atoms with Gasteiger partial charge in [-0.2, -0.15) is 0 Å². The Hall–Kier alpha value is -0.780. The van der Waals surface area contributed by atoms with Crippen LogP contribution in [0.25, 0.3) is 0 Å². The van der Waals surface area contributed by atoms with Crippen LogP contribution in [0, 0.1) is 22.7 Å². The zero-order valence-electron chi connectivity index (χ0n) is 19.7. The van der Waals surface area contributed by atoms with Gasteiger partial charge in [-0.1, -0.05) is 90.3 Å². The molecule has 0 nitrogen and oxygen atoms in total. The summed E-state index contributed by atoms with van der Waals surface area (Å²) in [6, 6.07) is 0. The van der Waals surface area contributed by atoms with E-state index in [4.69, 9.17) is 0 Å². The van der Waals surface area contributed by atoms with Crippen molar-refractivity contribution < 1.29 is 0 Å². The molecule has 0 spiro atoms. The molecular formula is C27H48. The molecule has 1 unspecified atom stereocenters. The minimum atomic E-state index is 0.278. The van der Waals surface area contributed by atoms with E-state index in [0.717, 1.165) is 11.8 Å². The van der Waals surface area contributed by atoms with Crippen molar-refractivity contribution in [3.63, 3.8) is 0 Å². The van der Waals surface area contributed by atoms with Crippen molar-refractivity contribution in [1.82, 2.24) is 0 Å². The number of hydrogen-bond acceptors (Lipinski definition) is 0. The molecule has 0 heteroatoms. The molecule has 1 aliphatic carbocycles. The Morgan fingerprint density at radius 1 is 1.19 bits per heavy atom. The lowest BCUT2D eigenvalue weighted by Crippen LogP contribution is -2.28. The third-order valence-corrected chi connectivity index (χ3v) is 6.60. The summed E-state index contributed by atoms with van der Waals surface area (Å²) in [4.78, 5) is 0. The third kappa shape index (κ3) is 10.4. The van der Waals surface area contributed by atoms with Crippen LogP contribution in [0.1, 0.15) is 113 Å². The summed E-state index contributed by atoms with van der Waals surface area (Å²) in [5.74, 6) is 1.61. The highest BCUT2D eigenvalue weighted by Gasteiger charge is 2.32. The fraction of sp³-hybridized carbons (Fsp3) is 0.778. The quantitative estimate of drug-likeness (QED) is 0.317. The molecule has 0 radical (unpaired) electrons. The van der Waals surface area contributed by atoms with Gasteiger partial charge < -0.3 is 0 Å². The Kier molecular flexibility index (Phi) is 10.1. The summed E-state index contributed by atoms with van der Waals surface area (Å²) in [5, 5.41) is 0. The molecule has 0 aliphatic heterocycles. The van der Waals surface area contributed by atoms with Gasteiger partial charge in [0.25, 0.3) is 0 Å². The highest BCUT2D eigenvalue weighted by Crippen LogP contribution is 2.44. The first-order valence-corrected chi connectivity index (χ1v) is 11.5. The molecule has 0 bridgehead atoms.